The van der Waals surface area contributed by atoms with Crippen LogP contribution in [0.15, 0.2) is 0 Å². The SMILES string of the molecule is CCCCCCOP(=O)(CCN(CCCN)CCCN)OCCCCCCCCCCOP(=O)(CCN(CCCN)CCCN)OCCCCCC.Cl.Cl.Cl.Cl. The van der Waals surface area contributed by atoms with Crippen LogP contribution in [0.1, 0.15) is 142 Å². The predicted molar refractivity (Wildman–Crippen MR) is 251 cm³/mol. The molecule has 0 aliphatic carbocycles. The van der Waals surface area contributed by atoms with Crippen molar-refractivity contribution >= 4 is 64.8 Å². The molecule has 0 heterocycles. The lowest BCUT2D eigenvalue weighted by Crippen LogP contribution is -2.31. The van der Waals surface area contributed by atoms with Gasteiger partial charge in [0.25, 0.3) is 0 Å². The van der Waals surface area contributed by atoms with Crippen LogP contribution < -0.4 is 22.9 Å². The number of hydrogen-bond donors (Lipinski definition) is 4. The number of hydrogen-bond acceptors (Lipinski definition) is 12. The number of nitrogens with zero attached hydrogens (tertiary/aromatic N) is 2. The summed E-state index contributed by atoms with van der Waals surface area (Å²) in [6.45, 7) is 13.7. The van der Waals surface area contributed by atoms with Crippen molar-refractivity contribution < 1.29 is 27.2 Å². The van der Waals surface area contributed by atoms with Gasteiger partial charge in [0.1, 0.15) is 0 Å². The fourth-order valence-electron chi connectivity index (χ4n) is 5.93. The van der Waals surface area contributed by atoms with Crippen LogP contribution in [0.2, 0.25) is 0 Å². The van der Waals surface area contributed by atoms with Crippen molar-refractivity contribution in [2.24, 2.45) is 22.9 Å². The monoisotopic (exact) mass is 929 g/mol. The molecule has 18 heteroatoms. The van der Waals surface area contributed by atoms with Gasteiger partial charge < -0.3 is 50.8 Å². The van der Waals surface area contributed by atoms with Gasteiger partial charge in [-0.15, -0.1) is 49.6 Å². The minimum atomic E-state index is -3.16. The van der Waals surface area contributed by atoms with Crippen molar-refractivity contribution in [3.63, 3.8) is 0 Å². The van der Waals surface area contributed by atoms with E-state index < -0.39 is 15.2 Å². The molecule has 0 spiro atoms. The molecule has 0 aliphatic rings. The Morgan fingerprint density at radius 2 is 0.589 bits per heavy atom. The van der Waals surface area contributed by atoms with Crippen LogP contribution in [-0.4, -0.2) is 114 Å². The van der Waals surface area contributed by atoms with Crippen LogP contribution in [0.3, 0.4) is 0 Å². The minimum Gasteiger partial charge on any atom is -0.330 e. The number of nitrogens with two attached hydrogens (primary N) is 4. The zero-order valence-electron chi connectivity index (χ0n) is 35.6. The van der Waals surface area contributed by atoms with Gasteiger partial charge >= 0.3 is 15.2 Å². The summed E-state index contributed by atoms with van der Waals surface area (Å²) in [6.07, 6.45) is 21.5. The Morgan fingerprint density at radius 3 is 0.821 bits per heavy atom. The molecule has 346 valence electrons. The third-order valence-electron chi connectivity index (χ3n) is 9.28. The average Bonchev–Trinajstić information content (AvgIpc) is 3.14. The fourth-order valence-corrected chi connectivity index (χ4v) is 9.28. The minimum absolute atomic E-state index is 0. The van der Waals surface area contributed by atoms with Gasteiger partial charge in [-0.2, -0.15) is 0 Å². The molecule has 8 N–H and O–H groups in total. The first-order valence-electron chi connectivity index (χ1n) is 21.3. The van der Waals surface area contributed by atoms with Crippen molar-refractivity contribution in [1.82, 2.24) is 9.80 Å². The molecule has 12 nitrogen and oxygen atoms in total. The molecule has 0 aromatic carbocycles. The maximum Gasteiger partial charge on any atom is 0.331 e. The molecule has 0 amide bonds. The summed E-state index contributed by atoms with van der Waals surface area (Å²) in [4.78, 5) is 4.57. The Hall–Kier alpha value is 1.22. The molecule has 0 saturated carbocycles. The number of rotatable bonds is 43. The van der Waals surface area contributed by atoms with Crippen molar-refractivity contribution in [2.75, 3.05) is 104 Å². The quantitative estimate of drug-likeness (QED) is 0.0337. The summed E-state index contributed by atoms with van der Waals surface area (Å²) in [5.74, 6) is 0. The number of unbranched alkanes of at least 4 members (excludes halogenated alkanes) is 13. The van der Waals surface area contributed by atoms with Crippen molar-refractivity contribution in [3.05, 3.63) is 0 Å². The highest BCUT2D eigenvalue weighted by molar-refractivity contribution is 7.54. The Morgan fingerprint density at radius 1 is 0.357 bits per heavy atom. The lowest BCUT2D eigenvalue weighted by atomic mass is 10.1. The highest BCUT2D eigenvalue weighted by Gasteiger charge is 2.26. The summed E-state index contributed by atoms with van der Waals surface area (Å²) in [7, 11) is -6.32. The number of halogens is 4. The van der Waals surface area contributed by atoms with E-state index in [9.17, 15) is 9.13 Å². The van der Waals surface area contributed by atoms with Crippen LogP contribution in [0, 0.1) is 0 Å². The topological polar surface area (TPSA) is 182 Å². The highest BCUT2D eigenvalue weighted by Crippen LogP contribution is 2.49. The maximum absolute atomic E-state index is 13.7. The van der Waals surface area contributed by atoms with Gasteiger partial charge in [-0.25, -0.2) is 0 Å². The first-order chi connectivity index (χ1) is 25.3. The Kier molecular flexibility index (Phi) is 57.9. The largest absolute Gasteiger partial charge is 0.331 e. The van der Waals surface area contributed by atoms with E-state index in [0.29, 0.717) is 78.0 Å². The van der Waals surface area contributed by atoms with Crippen molar-refractivity contribution in [3.8, 4) is 0 Å². The second kappa shape index (κ2) is 48.9. The molecule has 56 heavy (non-hydrogen) atoms. The molecule has 0 aromatic rings. The first-order valence-corrected chi connectivity index (χ1v) is 24.8. The predicted octanol–water partition coefficient (Wildman–Crippen LogP) is 9.41. The summed E-state index contributed by atoms with van der Waals surface area (Å²) in [5, 5.41) is 0. The third-order valence-corrected chi connectivity index (χ3v) is 13.1. The second-order valence-electron chi connectivity index (χ2n) is 14.2. The van der Waals surface area contributed by atoms with Crippen LogP contribution >= 0.6 is 64.8 Å². The van der Waals surface area contributed by atoms with E-state index in [1.165, 1.54) is 0 Å². The average molecular weight is 931 g/mol. The van der Waals surface area contributed by atoms with E-state index >= 15 is 0 Å². The third kappa shape index (κ3) is 41.9. The van der Waals surface area contributed by atoms with Gasteiger partial charge in [0, 0.05) is 13.1 Å². The summed E-state index contributed by atoms with van der Waals surface area (Å²) >= 11 is 0. The van der Waals surface area contributed by atoms with Gasteiger partial charge in [0.2, 0.25) is 0 Å². The molecular formula is C38H90Cl4N6O6P2. The second-order valence-corrected chi connectivity index (χ2v) is 18.6. The van der Waals surface area contributed by atoms with Crippen LogP contribution in [0.4, 0.5) is 0 Å². The lowest BCUT2D eigenvalue weighted by molar-refractivity contribution is 0.190. The molecule has 2 unspecified atom stereocenters. The summed E-state index contributed by atoms with van der Waals surface area (Å²) in [6, 6.07) is 0. The standard InChI is InChI=1S/C38H86N6O6P2.4ClH/c1-3-5-7-15-33-47-51(45,37-31-43(27-19-23-39)28-20-24-40)49-35-17-13-11-9-10-12-14-18-36-50-52(46,48-34-16-8-6-4-2)38-32-44(29-21-25-41)30-22-26-42;;;;/h3-42H2,1-2H3;4*1H. The van der Waals surface area contributed by atoms with Crippen LogP contribution in [0.5, 0.6) is 0 Å². The van der Waals surface area contributed by atoms with Crippen molar-refractivity contribution in [1.29, 1.82) is 0 Å². The molecule has 2 atom stereocenters. The van der Waals surface area contributed by atoms with E-state index in [2.05, 4.69) is 23.6 Å². The summed E-state index contributed by atoms with van der Waals surface area (Å²) < 4.78 is 51.3. The zero-order valence-corrected chi connectivity index (χ0v) is 40.7. The van der Waals surface area contributed by atoms with Crippen LogP contribution in [-0.2, 0) is 27.2 Å². The highest BCUT2D eigenvalue weighted by atomic mass is 35.5. The van der Waals surface area contributed by atoms with Gasteiger partial charge in [-0.1, -0.05) is 90.9 Å². The van der Waals surface area contributed by atoms with Crippen molar-refractivity contribution in [2.45, 2.75) is 142 Å². The Bertz CT molecular complexity index is 789. The van der Waals surface area contributed by atoms with E-state index in [1.807, 2.05) is 0 Å². The maximum atomic E-state index is 13.7. The van der Waals surface area contributed by atoms with E-state index in [0.717, 1.165) is 155 Å². The van der Waals surface area contributed by atoms with Gasteiger partial charge in [0.15, 0.2) is 0 Å². The first kappa shape index (κ1) is 66.3. The van der Waals surface area contributed by atoms with Crippen LogP contribution in [0.25, 0.3) is 0 Å². The molecule has 0 radical (unpaired) electrons. The van der Waals surface area contributed by atoms with E-state index in [1.54, 1.807) is 0 Å². The molecule has 0 bridgehead atoms. The molecule has 0 aliphatic heterocycles. The molecule has 0 saturated heterocycles. The Labute approximate surface area is 369 Å². The molecule has 0 fully saturated rings. The summed E-state index contributed by atoms with van der Waals surface area (Å²) in [5.41, 5.74) is 23.0. The van der Waals surface area contributed by atoms with Gasteiger partial charge in [-0.05, 0) is 104 Å². The molecule has 0 rings (SSSR count). The fraction of sp³-hybridized carbons (Fsp3) is 1.00. The smallest absolute Gasteiger partial charge is 0.330 e. The van der Waals surface area contributed by atoms with Gasteiger partial charge in [-0.3, -0.25) is 9.13 Å². The molecule has 0 aromatic heterocycles. The Balaban J connectivity index is -0.00000217. The van der Waals surface area contributed by atoms with Gasteiger partial charge in [0.05, 0.1) is 38.8 Å². The lowest BCUT2D eigenvalue weighted by Gasteiger charge is -2.25. The molecular weight excluding hydrogens is 840 g/mol. The normalized spacial score (nSPS) is 13.4. The zero-order chi connectivity index (χ0) is 38.4. The van der Waals surface area contributed by atoms with E-state index in [4.69, 9.17) is 41.0 Å². The van der Waals surface area contributed by atoms with E-state index in [-0.39, 0.29) is 49.6 Å².